The molecule has 19 heavy (non-hydrogen) atoms. The van der Waals surface area contributed by atoms with Crippen LogP contribution in [0.4, 0.5) is 0 Å². The van der Waals surface area contributed by atoms with Gasteiger partial charge >= 0.3 is 0 Å². The fourth-order valence-electron chi connectivity index (χ4n) is 1.76. The molecular weight excluding hydrogens is 240 g/mol. The van der Waals surface area contributed by atoms with E-state index < -0.39 is 0 Å². The molecule has 2 aromatic rings. The summed E-state index contributed by atoms with van der Waals surface area (Å²) < 4.78 is 5.57. The number of aromatic nitrogens is 1. The highest BCUT2D eigenvalue weighted by molar-refractivity contribution is 5.93. The van der Waals surface area contributed by atoms with Crippen LogP contribution in [0.15, 0.2) is 28.7 Å². The van der Waals surface area contributed by atoms with Crippen molar-refractivity contribution in [1.82, 2.24) is 10.3 Å². The molecule has 0 aliphatic rings. The van der Waals surface area contributed by atoms with Gasteiger partial charge in [-0.25, -0.2) is 4.98 Å². The number of oxazole rings is 1. The Hall–Kier alpha value is -2.10. The molecule has 0 aliphatic heterocycles. The van der Waals surface area contributed by atoms with Gasteiger partial charge in [0.2, 0.25) is 5.89 Å². The normalized spacial score (nSPS) is 10.8. The van der Waals surface area contributed by atoms with Crippen LogP contribution < -0.4 is 5.32 Å². The van der Waals surface area contributed by atoms with Gasteiger partial charge in [0.25, 0.3) is 5.91 Å². The average Bonchev–Trinajstić information content (AvgIpc) is 2.71. The van der Waals surface area contributed by atoms with Gasteiger partial charge in [-0.3, -0.25) is 4.79 Å². The predicted molar refractivity (Wildman–Crippen MR) is 74.0 cm³/mol. The Bertz CT molecular complexity index is 583. The molecule has 0 saturated carbocycles. The number of aryl methyl sites for hydroxylation is 2. The summed E-state index contributed by atoms with van der Waals surface area (Å²) in [6, 6.07) is 7.92. The number of carbonyl (C=O) groups is 1. The third-order valence-electron chi connectivity index (χ3n) is 2.73. The Kier molecular flexibility index (Phi) is 3.69. The number of amides is 1. The molecule has 0 aliphatic carbocycles. The Morgan fingerprint density at radius 2 is 1.84 bits per heavy atom. The second-order valence-electron chi connectivity index (χ2n) is 4.92. The number of hydrogen-bond donors (Lipinski definition) is 1. The van der Waals surface area contributed by atoms with E-state index in [1.807, 2.05) is 45.0 Å². The monoisotopic (exact) mass is 258 g/mol. The first-order chi connectivity index (χ1) is 8.97. The maximum absolute atomic E-state index is 11.9. The van der Waals surface area contributed by atoms with Gasteiger partial charge in [-0.15, -0.1) is 0 Å². The molecule has 4 nitrogen and oxygen atoms in total. The van der Waals surface area contributed by atoms with Crippen molar-refractivity contribution < 1.29 is 9.21 Å². The van der Waals surface area contributed by atoms with Crippen molar-refractivity contribution in [3.8, 4) is 11.5 Å². The van der Waals surface area contributed by atoms with E-state index >= 15 is 0 Å². The fraction of sp³-hybridized carbons (Fsp3) is 0.333. The molecule has 0 fully saturated rings. The van der Waals surface area contributed by atoms with Crippen molar-refractivity contribution in [3.63, 3.8) is 0 Å². The Morgan fingerprint density at radius 1 is 1.21 bits per heavy atom. The van der Waals surface area contributed by atoms with Gasteiger partial charge in [-0.1, -0.05) is 17.7 Å². The van der Waals surface area contributed by atoms with Crippen LogP contribution in [0, 0.1) is 13.8 Å². The average molecular weight is 258 g/mol. The third kappa shape index (κ3) is 3.02. The number of rotatable bonds is 3. The van der Waals surface area contributed by atoms with E-state index in [0.29, 0.717) is 17.3 Å². The van der Waals surface area contributed by atoms with E-state index in [0.717, 1.165) is 5.56 Å². The van der Waals surface area contributed by atoms with Crippen LogP contribution in [-0.4, -0.2) is 16.9 Å². The molecule has 1 heterocycles. The van der Waals surface area contributed by atoms with Crippen LogP contribution >= 0.6 is 0 Å². The van der Waals surface area contributed by atoms with E-state index in [-0.39, 0.29) is 11.9 Å². The van der Waals surface area contributed by atoms with Gasteiger partial charge in [-0.05, 0) is 39.8 Å². The van der Waals surface area contributed by atoms with Gasteiger partial charge < -0.3 is 9.73 Å². The summed E-state index contributed by atoms with van der Waals surface area (Å²) in [5.41, 5.74) is 2.39. The summed E-state index contributed by atoms with van der Waals surface area (Å²) >= 11 is 0. The minimum Gasteiger partial charge on any atom is -0.441 e. The molecule has 1 N–H and O–H groups in total. The molecule has 0 unspecified atom stereocenters. The van der Waals surface area contributed by atoms with Crippen molar-refractivity contribution >= 4 is 5.91 Å². The SMILES string of the molecule is Cc1ccc(-c2nc(C(=O)NC(C)C)c(C)o2)cc1. The van der Waals surface area contributed by atoms with E-state index in [4.69, 9.17) is 4.42 Å². The first kappa shape index (κ1) is 13.3. The molecule has 0 saturated heterocycles. The van der Waals surface area contributed by atoms with Crippen molar-refractivity contribution in [1.29, 1.82) is 0 Å². The van der Waals surface area contributed by atoms with Crippen molar-refractivity contribution in [2.45, 2.75) is 33.7 Å². The smallest absolute Gasteiger partial charge is 0.273 e. The zero-order chi connectivity index (χ0) is 14.0. The van der Waals surface area contributed by atoms with E-state index in [1.54, 1.807) is 6.92 Å². The van der Waals surface area contributed by atoms with E-state index in [2.05, 4.69) is 10.3 Å². The minimum absolute atomic E-state index is 0.0754. The molecule has 0 bridgehead atoms. The van der Waals surface area contributed by atoms with Crippen LogP contribution in [0.25, 0.3) is 11.5 Å². The zero-order valence-electron chi connectivity index (χ0n) is 11.7. The van der Waals surface area contributed by atoms with Gasteiger partial charge in [0, 0.05) is 11.6 Å². The van der Waals surface area contributed by atoms with Crippen molar-refractivity contribution in [2.24, 2.45) is 0 Å². The van der Waals surface area contributed by atoms with E-state index in [1.165, 1.54) is 5.56 Å². The summed E-state index contributed by atoms with van der Waals surface area (Å²) in [6.07, 6.45) is 0. The first-order valence-electron chi connectivity index (χ1n) is 6.32. The maximum atomic E-state index is 11.9. The lowest BCUT2D eigenvalue weighted by atomic mass is 10.1. The molecule has 0 atom stereocenters. The van der Waals surface area contributed by atoms with Gasteiger partial charge in [-0.2, -0.15) is 0 Å². The van der Waals surface area contributed by atoms with Crippen LogP contribution in [0.1, 0.15) is 35.7 Å². The quantitative estimate of drug-likeness (QED) is 0.920. The molecule has 100 valence electrons. The minimum atomic E-state index is -0.199. The molecule has 2 rings (SSSR count). The Labute approximate surface area is 112 Å². The van der Waals surface area contributed by atoms with Crippen LogP contribution in [0.5, 0.6) is 0 Å². The fourth-order valence-corrected chi connectivity index (χ4v) is 1.76. The summed E-state index contributed by atoms with van der Waals surface area (Å²) in [5.74, 6) is 0.815. The number of carbonyl (C=O) groups excluding carboxylic acids is 1. The van der Waals surface area contributed by atoms with E-state index in [9.17, 15) is 4.79 Å². The lowest BCUT2D eigenvalue weighted by molar-refractivity contribution is 0.0937. The van der Waals surface area contributed by atoms with Gasteiger partial charge in [0.05, 0.1) is 0 Å². The lowest BCUT2D eigenvalue weighted by Gasteiger charge is -2.05. The van der Waals surface area contributed by atoms with Crippen molar-refractivity contribution in [2.75, 3.05) is 0 Å². The molecule has 4 heteroatoms. The molecule has 1 amide bonds. The van der Waals surface area contributed by atoms with Crippen LogP contribution in [-0.2, 0) is 0 Å². The Morgan fingerprint density at radius 3 is 2.42 bits per heavy atom. The highest BCUT2D eigenvalue weighted by Gasteiger charge is 2.18. The predicted octanol–water partition coefficient (Wildman–Crippen LogP) is 3.10. The molecular formula is C15H18N2O2. The molecule has 0 radical (unpaired) electrons. The zero-order valence-corrected chi connectivity index (χ0v) is 11.7. The highest BCUT2D eigenvalue weighted by atomic mass is 16.4. The molecule has 1 aromatic carbocycles. The summed E-state index contributed by atoms with van der Waals surface area (Å²) in [6.45, 7) is 7.59. The standard InChI is InChI=1S/C15H18N2O2/c1-9(2)16-14(18)13-11(4)19-15(17-13)12-7-5-10(3)6-8-12/h5-9H,1-4H3,(H,16,18). The number of nitrogens with one attached hydrogen (secondary N) is 1. The number of benzene rings is 1. The number of hydrogen-bond acceptors (Lipinski definition) is 3. The highest BCUT2D eigenvalue weighted by Crippen LogP contribution is 2.22. The second kappa shape index (κ2) is 5.26. The second-order valence-corrected chi connectivity index (χ2v) is 4.92. The van der Waals surface area contributed by atoms with Crippen LogP contribution in [0.3, 0.4) is 0 Å². The lowest BCUT2D eigenvalue weighted by Crippen LogP contribution is -2.30. The largest absolute Gasteiger partial charge is 0.441 e. The number of nitrogens with zero attached hydrogens (tertiary/aromatic N) is 1. The van der Waals surface area contributed by atoms with Crippen molar-refractivity contribution in [3.05, 3.63) is 41.3 Å². The van der Waals surface area contributed by atoms with Gasteiger partial charge in [0.15, 0.2) is 5.69 Å². The summed E-state index contributed by atoms with van der Waals surface area (Å²) in [5, 5.41) is 2.81. The topological polar surface area (TPSA) is 55.1 Å². The van der Waals surface area contributed by atoms with Crippen LogP contribution in [0.2, 0.25) is 0 Å². The molecule has 1 aromatic heterocycles. The molecule has 0 spiro atoms. The first-order valence-corrected chi connectivity index (χ1v) is 6.32. The Balaban J connectivity index is 2.30. The van der Waals surface area contributed by atoms with Gasteiger partial charge in [0.1, 0.15) is 5.76 Å². The summed E-state index contributed by atoms with van der Waals surface area (Å²) in [7, 11) is 0. The maximum Gasteiger partial charge on any atom is 0.273 e. The summed E-state index contributed by atoms with van der Waals surface area (Å²) in [4.78, 5) is 16.2. The third-order valence-corrected chi connectivity index (χ3v) is 2.73.